The Morgan fingerprint density at radius 1 is 1.25 bits per heavy atom. The van der Waals surface area contributed by atoms with Gasteiger partial charge in [-0.05, 0) is 47.0 Å². The Morgan fingerprint density at radius 3 is 2.50 bits per heavy atom. The molecule has 0 saturated carbocycles. The van der Waals surface area contributed by atoms with Gasteiger partial charge in [0.2, 0.25) is 0 Å². The Hall–Kier alpha value is -1.55. The molecule has 0 spiro atoms. The molecule has 1 atom stereocenters. The van der Waals surface area contributed by atoms with E-state index in [1.165, 1.54) is 0 Å². The molecule has 0 saturated heterocycles. The Morgan fingerprint density at radius 2 is 1.95 bits per heavy atom. The molecule has 1 aromatic heterocycles. The third-order valence-electron chi connectivity index (χ3n) is 3.36. The van der Waals surface area contributed by atoms with Crippen molar-refractivity contribution in [1.29, 1.82) is 0 Å². The zero-order chi connectivity index (χ0) is 14.5. The van der Waals surface area contributed by atoms with Crippen LogP contribution in [0.1, 0.15) is 36.4 Å². The summed E-state index contributed by atoms with van der Waals surface area (Å²) in [7, 11) is 0. The summed E-state index contributed by atoms with van der Waals surface area (Å²) in [6, 6.07) is 13.6. The van der Waals surface area contributed by atoms with Gasteiger partial charge >= 0.3 is 0 Å². The molecule has 106 valence electrons. The number of amides is 1. The Balaban J connectivity index is 2.21. The van der Waals surface area contributed by atoms with Crippen molar-refractivity contribution in [3.8, 4) is 0 Å². The van der Waals surface area contributed by atoms with Crippen molar-refractivity contribution >= 4 is 21.8 Å². The molecule has 0 N–H and O–H groups in total. The third-order valence-corrected chi connectivity index (χ3v) is 3.79. The summed E-state index contributed by atoms with van der Waals surface area (Å²) in [6.45, 7) is 4.72. The minimum absolute atomic E-state index is 0.0751. The molecule has 1 aromatic carbocycles. The lowest BCUT2D eigenvalue weighted by Crippen LogP contribution is -2.37. The van der Waals surface area contributed by atoms with Crippen LogP contribution in [0, 0.1) is 0 Å². The smallest absolute Gasteiger partial charge is 0.290 e. The molecule has 4 heteroatoms. The van der Waals surface area contributed by atoms with Gasteiger partial charge in [0.05, 0.1) is 0 Å². The highest BCUT2D eigenvalue weighted by atomic mass is 79.9. The highest BCUT2D eigenvalue weighted by Crippen LogP contribution is 2.19. The van der Waals surface area contributed by atoms with Gasteiger partial charge in [-0.1, -0.05) is 37.3 Å². The van der Waals surface area contributed by atoms with E-state index in [-0.39, 0.29) is 11.9 Å². The quantitative estimate of drug-likeness (QED) is 0.806. The van der Waals surface area contributed by atoms with Gasteiger partial charge in [0.15, 0.2) is 10.4 Å². The molecule has 2 aromatic rings. The summed E-state index contributed by atoms with van der Waals surface area (Å²) >= 11 is 3.23. The fourth-order valence-corrected chi connectivity index (χ4v) is 2.31. The molecule has 0 fully saturated rings. The zero-order valence-corrected chi connectivity index (χ0v) is 13.3. The molecule has 0 aliphatic rings. The molecule has 0 radical (unpaired) electrons. The van der Waals surface area contributed by atoms with E-state index in [0.717, 1.165) is 12.0 Å². The predicted octanol–water partition coefficient (Wildman–Crippen LogP) is 4.48. The van der Waals surface area contributed by atoms with Crippen molar-refractivity contribution in [2.75, 3.05) is 0 Å². The number of nitrogens with zero attached hydrogens (tertiary/aromatic N) is 1. The lowest BCUT2D eigenvalue weighted by atomic mass is 10.1. The normalized spacial score (nSPS) is 12.2. The van der Waals surface area contributed by atoms with E-state index in [1.54, 1.807) is 12.1 Å². The summed E-state index contributed by atoms with van der Waals surface area (Å²) in [4.78, 5) is 14.4. The van der Waals surface area contributed by atoms with Crippen molar-refractivity contribution in [2.45, 2.75) is 32.9 Å². The monoisotopic (exact) mass is 335 g/mol. The van der Waals surface area contributed by atoms with Crippen LogP contribution in [0.2, 0.25) is 0 Å². The summed E-state index contributed by atoms with van der Waals surface area (Å²) in [6.07, 6.45) is 0.903. The third kappa shape index (κ3) is 3.51. The largest absolute Gasteiger partial charge is 0.444 e. The van der Waals surface area contributed by atoms with Crippen molar-refractivity contribution < 1.29 is 9.21 Å². The first-order valence-electron chi connectivity index (χ1n) is 6.72. The second-order valence-electron chi connectivity index (χ2n) is 4.78. The molecule has 2 rings (SSSR count). The molecule has 1 unspecified atom stereocenters. The SMILES string of the molecule is CCC(C)N(Cc1ccccc1)C(=O)c1ccc(Br)o1. The van der Waals surface area contributed by atoms with E-state index in [1.807, 2.05) is 35.2 Å². The molecule has 0 aliphatic carbocycles. The first-order valence-corrected chi connectivity index (χ1v) is 7.51. The zero-order valence-electron chi connectivity index (χ0n) is 11.7. The van der Waals surface area contributed by atoms with Gasteiger partial charge in [0.1, 0.15) is 0 Å². The molecule has 1 amide bonds. The summed E-state index contributed by atoms with van der Waals surface area (Å²) in [5, 5.41) is 0. The highest BCUT2D eigenvalue weighted by molar-refractivity contribution is 9.10. The maximum atomic E-state index is 12.6. The second-order valence-corrected chi connectivity index (χ2v) is 5.56. The first-order chi connectivity index (χ1) is 9.61. The standard InChI is InChI=1S/C16H18BrNO2/c1-3-12(2)18(11-13-7-5-4-6-8-13)16(19)14-9-10-15(17)20-14/h4-10,12H,3,11H2,1-2H3. The molecule has 1 heterocycles. The first kappa shape index (κ1) is 14.9. The van der Waals surface area contributed by atoms with Crippen molar-refractivity contribution in [3.05, 3.63) is 58.5 Å². The molecule has 20 heavy (non-hydrogen) atoms. The van der Waals surface area contributed by atoms with E-state index in [2.05, 4.69) is 29.8 Å². The highest BCUT2D eigenvalue weighted by Gasteiger charge is 2.23. The van der Waals surface area contributed by atoms with Gasteiger partial charge in [-0.2, -0.15) is 0 Å². The molecular weight excluding hydrogens is 318 g/mol. The van der Waals surface area contributed by atoms with Gasteiger partial charge in [0.25, 0.3) is 5.91 Å². The average Bonchev–Trinajstić information content (AvgIpc) is 2.91. The van der Waals surface area contributed by atoms with E-state index in [4.69, 9.17) is 4.42 Å². The van der Waals surface area contributed by atoms with E-state index < -0.39 is 0 Å². The van der Waals surface area contributed by atoms with Crippen molar-refractivity contribution in [2.24, 2.45) is 0 Å². The maximum Gasteiger partial charge on any atom is 0.290 e. The van der Waals surface area contributed by atoms with Crippen LogP contribution in [0.5, 0.6) is 0 Å². The lowest BCUT2D eigenvalue weighted by molar-refractivity contribution is 0.0637. The van der Waals surface area contributed by atoms with Gasteiger partial charge < -0.3 is 9.32 Å². The van der Waals surface area contributed by atoms with Crippen molar-refractivity contribution in [3.63, 3.8) is 0 Å². The van der Waals surface area contributed by atoms with E-state index in [9.17, 15) is 4.79 Å². The van der Waals surface area contributed by atoms with Gasteiger partial charge in [-0.3, -0.25) is 4.79 Å². The van der Waals surface area contributed by atoms with Gasteiger partial charge in [0, 0.05) is 12.6 Å². The lowest BCUT2D eigenvalue weighted by Gasteiger charge is -2.28. The van der Waals surface area contributed by atoms with Crippen LogP contribution in [0.25, 0.3) is 0 Å². The molecular formula is C16H18BrNO2. The number of carbonyl (C=O) groups is 1. The maximum absolute atomic E-state index is 12.6. The number of hydrogen-bond acceptors (Lipinski definition) is 2. The Labute approximate surface area is 127 Å². The topological polar surface area (TPSA) is 33.5 Å². The average molecular weight is 336 g/mol. The number of rotatable bonds is 5. The Kier molecular flexibility index (Phi) is 5.01. The second kappa shape index (κ2) is 6.75. The van der Waals surface area contributed by atoms with Crippen LogP contribution in [-0.4, -0.2) is 16.8 Å². The van der Waals surface area contributed by atoms with Crippen molar-refractivity contribution in [1.82, 2.24) is 4.90 Å². The Bertz CT molecular complexity index is 565. The summed E-state index contributed by atoms with van der Waals surface area (Å²) < 4.78 is 5.96. The summed E-state index contributed by atoms with van der Waals surface area (Å²) in [5.74, 6) is 0.294. The van der Waals surface area contributed by atoms with Crippen LogP contribution in [0.3, 0.4) is 0 Å². The minimum atomic E-state index is -0.0751. The fraction of sp³-hybridized carbons (Fsp3) is 0.312. The van der Waals surface area contributed by atoms with Gasteiger partial charge in [-0.25, -0.2) is 0 Å². The number of benzene rings is 1. The van der Waals surface area contributed by atoms with E-state index >= 15 is 0 Å². The number of carbonyl (C=O) groups excluding carboxylic acids is 1. The van der Waals surface area contributed by atoms with Crippen LogP contribution >= 0.6 is 15.9 Å². The minimum Gasteiger partial charge on any atom is -0.444 e. The van der Waals surface area contributed by atoms with Crippen LogP contribution in [0.15, 0.2) is 51.6 Å². The predicted molar refractivity (Wildman–Crippen MR) is 82.5 cm³/mol. The fourth-order valence-electron chi connectivity index (χ4n) is 2.00. The van der Waals surface area contributed by atoms with Crippen LogP contribution in [-0.2, 0) is 6.54 Å². The number of halogens is 1. The van der Waals surface area contributed by atoms with E-state index in [0.29, 0.717) is 17.0 Å². The van der Waals surface area contributed by atoms with Crippen LogP contribution in [0.4, 0.5) is 0 Å². The molecule has 0 aliphatic heterocycles. The summed E-state index contributed by atoms with van der Waals surface area (Å²) in [5.41, 5.74) is 1.12. The number of hydrogen-bond donors (Lipinski definition) is 0. The molecule has 3 nitrogen and oxygen atoms in total. The number of furan rings is 1. The van der Waals surface area contributed by atoms with Crippen LogP contribution < -0.4 is 0 Å². The molecule has 0 bridgehead atoms. The van der Waals surface area contributed by atoms with Gasteiger partial charge in [-0.15, -0.1) is 0 Å².